The van der Waals surface area contributed by atoms with Crippen LogP contribution in [-0.4, -0.2) is 22.5 Å². The monoisotopic (exact) mass is 323 g/mol. The van der Waals surface area contributed by atoms with E-state index < -0.39 is 22.8 Å². The number of rotatable bonds is 4. The highest BCUT2D eigenvalue weighted by Crippen LogP contribution is 2.34. The number of halogens is 2. The van der Waals surface area contributed by atoms with Gasteiger partial charge in [-0.1, -0.05) is 23.2 Å². The molecule has 0 bridgehead atoms. The zero-order chi connectivity index (χ0) is 15.0. The lowest BCUT2D eigenvalue weighted by atomic mass is 9.74. The summed E-state index contributed by atoms with van der Waals surface area (Å²) in [7, 11) is 0. The minimum absolute atomic E-state index is 0.255. The van der Waals surface area contributed by atoms with E-state index >= 15 is 0 Å². The van der Waals surface area contributed by atoms with Gasteiger partial charge in [-0.3, -0.25) is 9.59 Å². The molecule has 0 spiro atoms. The van der Waals surface area contributed by atoms with Gasteiger partial charge in [-0.15, -0.1) is 11.3 Å². The zero-order valence-electron chi connectivity index (χ0n) is 11.0. The normalized spacial score (nSPS) is 12.3. The van der Waals surface area contributed by atoms with Gasteiger partial charge in [0.25, 0.3) is 5.91 Å². The third-order valence-corrected chi connectivity index (χ3v) is 4.91. The van der Waals surface area contributed by atoms with Crippen molar-refractivity contribution in [2.75, 3.05) is 0 Å². The van der Waals surface area contributed by atoms with Crippen molar-refractivity contribution < 1.29 is 14.7 Å². The molecule has 0 fully saturated rings. The molecule has 1 aromatic heterocycles. The predicted molar refractivity (Wildman–Crippen MR) is 77.3 cm³/mol. The lowest BCUT2D eigenvalue weighted by Gasteiger charge is -2.38. The van der Waals surface area contributed by atoms with Gasteiger partial charge in [-0.05, 0) is 33.8 Å². The van der Waals surface area contributed by atoms with Gasteiger partial charge < -0.3 is 10.4 Å². The van der Waals surface area contributed by atoms with Gasteiger partial charge in [0.2, 0.25) is 0 Å². The van der Waals surface area contributed by atoms with Crippen LogP contribution in [0.4, 0.5) is 0 Å². The van der Waals surface area contributed by atoms with Crippen molar-refractivity contribution in [1.82, 2.24) is 5.32 Å². The lowest BCUT2D eigenvalue weighted by molar-refractivity contribution is -0.150. The summed E-state index contributed by atoms with van der Waals surface area (Å²) in [6, 6.07) is 1.47. The van der Waals surface area contributed by atoms with Crippen LogP contribution < -0.4 is 5.32 Å². The summed E-state index contributed by atoms with van der Waals surface area (Å²) in [6.45, 7) is 6.41. The van der Waals surface area contributed by atoms with Gasteiger partial charge in [-0.25, -0.2) is 0 Å². The molecule has 106 valence electrons. The van der Waals surface area contributed by atoms with Gasteiger partial charge in [-0.2, -0.15) is 0 Å². The number of carbonyl (C=O) groups is 2. The maximum absolute atomic E-state index is 12.1. The van der Waals surface area contributed by atoms with E-state index in [1.165, 1.54) is 6.07 Å². The molecule has 0 aliphatic rings. The van der Waals surface area contributed by atoms with Crippen molar-refractivity contribution >= 4 is 46.4 Å². The second-order valence-electron chi connectivity index (χ2n) is 5.25. The summed E-state index contributed by atoms with van der Waals surface area (Å²) in [5.74, 6) is -1.43. The molecule has 1 aromatic rings. The summed E-state index contributed by atoms with van der Waals surface area (Å²) in [5.41, 5.74) is -1.83. The van der Waals surface area contributed by atoms with Crippen LogP contribution in [0.25, 0.3) is 0 Å². The zero-order valence-corrected chi connectivity index (χ0v) is 13.3. The Morgan fingerprint density at radius 3 is 2.16 bits per heavy atom. The van der Waals surface area contributed by atoms with Crippen LogP contribution in [0.3, 0.4) is 0 Å². The Morgan fingerprint density at radius 2 is 1.79 bits per heavy atom. The first-order valence-corrected chi connectivity index (χ1v) is 7.07. The fraction of sp³-hybridized carbons (Fsp3) is 0.500. The second kappa shape index (κ2) is 5.31. The highest BCUT2D eigenvalue weighted by atomic mass is 35.5. The van der Waals surface area contributed by atoms with Crippen molar-refractivity contribution in [3.05, 3.63) is 20.3 Å². The number of carboxylic acids is 1. The topological polar surface area (TPSA) is 66.4 Å². The molecule has 1 rings (SSSR count). The van der Waals surface area contributed by atoms with Crippen LogP contribution in [0, 0.1) is 5.41 Å². The number of nitrogens with one attached hydrogen (secondary N) is 1. The van der Waals surface area contributed by atoms with Crippen molar-refractivity contribution in [2.24, 2.45) is 5.41 Å². The Balaban J connectivity index is 2.99. The van der Waals surface area contributed by atoms with Crippen LogP contribution in [0.15, 0.2) is 6.07 Å². The SMILES string of the molecule is CC(C)(NC(=O)c1cc(Cl)sc1Cl)C(C)(C)C(=O)O. The molecule has 0 atom stereocenters. The van der Waals surface area contributed by atoms with Gasteiger partial charge in [0.1, 0.15) is 4.34 Å². The van der Waals surface area contributed by atoms with Gasteiger partial charge in [0.15, 0.2) is 0 Å². The highest BCUT2D eigenvalue weighted by molar-refractivity contribution is 7.20. The lowest BCUT2D eigenvalue weighted by Crippen LogP contribution is -2.56. The molecule has 0 aliphatic heterocycles. The molecular formula is C12H15Cl2NO3S. The molecule has 0 saturated carbocycles. The smallest absolute Gasteiger partial charge is 0.311 e. The number of amides is 1. The third-order valence-electron chi connectivity index (χ3n) is 3.42. The van der Waals surface area contributed by atoms with Gasteiger partial charge >= 0.3 is 5.97 Å². The Bertz CT molecular complexity index is 523. The molecule has 1 amide bonds. The molecular weight excluding hydrogens is 309 g/mol. The second-order valence-corrected chi connectivity index (χ2v) is 7.53. The van der Waals surface area contributed by atoms with Crippen molar-refractivity contribution in [3.63, 3.8) is 0 Å². The van der Waals surface area contributed by atoms with Crippen molar-refractivity contribution in [2.45, 2.75) is 33.2 Å². The summed E-state index contributed by atoms with van der Waals surface area (Å²) in [6.07, 6.45) is 0. The molecule has 2 N–H and O–H groups in total. The minimum atomic E-state index is -1.13. The van der Waals surface area contributed by atoms with E-state index in [9.17, 15) is 14.7 Å². The van der Waals surface area contributed by atoms with E-state index in [1.807, 2.05) is 0 Å². The number of thiophene rings is 1. The van der Waals surface area contributed by atoms with Crippen LogP contribution >= 0.6 is 34.5 Å². The molecule has 0 unspecified atom stereocenters. The molecule has 4 nitrogen and oxygen atoms in total. The largest absolute Gasteiger partial charge is 0.481 e. The predicted octanol–water partition coefficient (Wildman–Crippen LogP) is 3.67. The van der Waals surface area contributed by atoms with E-state index in [-0.39, 0.29) is 9.90 Å². The Kier molecular flexibility index (Phi) is 4.55. The quantitative estimate of drug-likeness (QED) is 0.888. The Hall–Kier alpha value is -0.780. The molecule has 19 heavy (non-hydrogen) atoms. The van der Waals surface area contributed by atoms with Crippen LogP contribution in [-0.2, 0) is 4.79 Å². The van der Waals surface area contributed by atoms with Gasteiger partial charge in [0.05, 0.1) is 20.9 Å². The van der Waals surface area contributed by atoms with E-state index in [0.29, 0.717) is 4.34 Å². The Morgan fingerprint density at radius 1 is 1.26 bits per heavy atom. The fourth-order valence-electron chi connectivity index (χ4n) is 1.27. The summed E-state index contributed by atoms with van der Waals surface area (Å²) >= 11 is 12.8. The van der Waals surface area contributed by atoms with E-state index in [4.69, 9.17) is 23.2 Å². The van der Waals surface area contributed by atoms with Gasteiger partial charge in [0, 0.05) is 0 Å². The molecule has 0 aliphatic carbocycles. The van der Waals surface area contributed by atoms with Crippen molar-refractivity contribution in [1.29, 1.82) is 0 Å². The molecule has 0 saturated heterocycles. The molecule has 7 heteroatoms. The van der Waals surface area contributed by atoms with E-state index in [2.05, 4.69) is 5.32 Å². The van der Waals surface area contributed by atoms with Crippen LogP contribution in [0.2, 0.25) is 8.67 Å². The number of carboxylic acid groups (broad SMARTS) is 1. The van der Waals surface area contributed by atoms with Crippen LogP contribution in [0.5, 0.6) is 0 Å². The van der Waals surface area contributed by atoms with Crippen LogP contribution in [0.1, 0.15) is 38.1 Å². The summed E-state index contributed by atoms with van der Waals surface area (Å²) in [4.78, 5) is 23.4. The highest BCUT2D eigenvalue weighted by Gasteiger charge is 2.44. The van der Waals surface area contributed by atoms with Crippen molar-refractivity contribution in [3.8, 4) is 0 Å². The van der Waals surface area contributed by atoms with E-state index in [1.54, 1.807) is 27.7 Å². The Labute approximate surface area is 125 Å². The van der Waals surface area contributed by atoms with E-state index in [0.717, 1.165) is 11.3 Å². The fourth-order valence-corrected chi connectivity index (χ4v) is 2.73. The molecule has 1 heterocycles. The number of hydrogen-bond donors (Lipinski definition) is 2. The average molecular weight is 324 g/mol. The summed E-state index contributed by atoms with van der Waals surface area (Å²) < 4.78 is 0.692. The summed E-state index contributed by atoms with van der Waals surface area (Å²) in [5, 5.41) is 11.9. The maximum Gasteiger partial charge on any atom is 0.311 e. The third kappa shape index (κ3) is 3.22. The average Bonchev–Trinajstić information content (AvgIpc) is 2.56. The number of hydrogen-bond acceptors (Lipinski definition) is 3. The number of aliphatic carboxylic acids is 1. The number of carbonyl (C=O) groups excluding carboxylic acids is 1. The minimum Gasteiger partial charge on any atom is -0.481 e. The molecule has 0 aromatic carbocycles. The maximum atomic E-state index is 12.1. The first-order valence-electron chi connectivity index (χ1n) is 5.50. The molecule has 0 radical (unpaired) electrons. The first-order chi connectivity index (χ1) is 8.49. The first kappa shape index (κ1) is 16.3. The standard InChI is InChI=1S/C12H15Cl2NO3S/c1-11(2,10(17)18)12(3,4)15-9(16)6-5-7(13)19-8(6)14/h5H,1-4H3,(H,15,16)(H,17,18).